The average Bonchev–Trinajstić information content (AvgIpc) is 2.57. The molecule has 0 spiro atoms. The van der Waals surface area contributed by atoms with Gasteiger partial charge in [0, 0.05) is 5.97 Å². The molecule has 0 aromatic carbocycles. The molecule has 1 N–H and O–H groups in total. The molecule has 0 bridgehead atoms. The molecule has 0 unspecified atom stereocenters. The van der Waals surface area contributed by atoms with Crippen LogP contribution in [0.25, 0.3) is 0 Å². The Bertz CT molecular complexity index is 408. The number of rotatable bonds is 15. The lowest BCUT2D eigenvalue weighted by Crippen LogP contribution is -2.22. The Morgan fingerprint density at radius 2 is 1.75 bits per heavy atom. The predicted molar refractivity (Wildman–Crippen MR) is 96.3 cm³/mol. The van der Waals surface area contributed by atoms with Gasteiger partial charge >= 0.3 is 0 Å². The van der Waals surface area contributed by atoms with Crippen molar-refractivity contribution in [1.82, 2.24) is 0 Å². The summed E-state index contributed by atoms with van der Waals surface area (Å²) >= 11 is 0. The van der Waals surface area contributed by atoms with Gasteiger partial charge in [0.1, 0.15) is 6.10 Å². The topological polar surface area (TPSA) is 69.6 Å². The van der Waals surface area contributed by atoms with Crippen molar-refractivity contribution in [1.29, 1.82) is 0 Å². The highest BCUT2D eigenvalue weighted by molar-refractivity contribution is 5.64. The Hall–Kier alpha value is -1.65. The molecule has 0 fully saturated rings. The number of carboxylic acid groups (broad SMARTS) is 1. The van der Waals surface area contributed by atoms with Crippen molar-refractivity contribution in [2.45, 2.75) is 70.8 Å². The van der Waals surface area contributed by atoms with Crippen LogP contribution >= 0.6 is 0 Å². The van der Waals surface area contributed by atoms with Crippen molar-refractivity contribution in [2.24, 2.45) is 0 Å². The number of hydrogen-bond acceptors (Lipinski definition) is 4. The predicted octanol–water partition coefficient (Wildman–Crippen LogP) is 4.35. The second-order valence-electron chi connectivity index (χ2n) is 5.63. The maximum Gasteiger partial charge on any atom is 0.111 e. The summed E-state index contributed by atoms with van der Waals surface area (Å²) in [7, 11) is 0. The van der Waals surface area contributed by atoms with Gasteiger partial charge in [-0.3, -0.25) is 5.26 Å². The van der Waals surface area contributed by atoms with Crippen LogP contribution in [0.3, 0.4) is 0 Å². The van der Waals surface area contributed by atoms with Crippen molar-refractivity contribution < 1.29 is 20.0 Å². The summed E-state index contributed by atoms with van der Waals surface area (Å²) in [6.45, 7) is 2.21. The molecule has 0 amide bonds. The zero-order valence-electron chi connectivity index (χ0n) is 14.7. The van der Waals surface area contributed by atoms with Crippen molar-refractivity contribution in [2.75, 3.05) is 0 Å². The van der Waals surface area contributed by atoms with E-state index in [4.69, 9.17) is 5.26 Å². The molecule has 0 aromatic rings. The molecule has 0 saturated heterocycles. The number of carbonyl (C=O) groups is 1. The molecule has 1 atom stereocenters. The first-order valence-electron chi connectivity index (χ1n) is 8.84. The minimum absolute atomic E-state index is 0.0264. The van der Waals surface area contributed by atoms with Gasteiger partial charge in [0.2, 0.25) is 0 Å². The van der Waals surface area contributed by atoms with Crippen LogP contribution < -0.4 is 5.11 Å². The van der Waals surface area contributed by atoms with Gasteiger partial charge in [-0.2, -0.15) is 0 Å². The summed E-state index contributed by atoms with van der Waals surface area (Å²) in [5, 5.41) is 19.0. The number of carbonyl (C=O) groups excluding carboxylic acids is 1. The highest BCUT2D eigenvalue weighted by Crippen LogP contribution is 2.05. The Balaban J connectivity index is 3.74. The molecular weight excluding hydrogens is 304 g/mol. The van der Waals surface area contributed by atoms with E-state index in [-0.39, 0.29) is 6.42 Å². The number of hydrogen-bond donors (Lipinski definition) is 1. The van der Waals surface area contributed by atoms with Crippen LogP contribution in [-0.4, -0.2) is 17.3 Å². The van der Waals surface area contributed by atoms with Crippen LogP contribution in [0.15, 0.2) is 48.6 Å². The third kappa shape index (κ3) is 16.7. The Morgan fingerprint density at radius 1 is 1.04 bits per heavy atom. The average molecular weight is 335 g/mol. The summed E-state index contributed by atoms with van der Waals surface area (Å²) in [5.41, 5.74) is 0. The number of unbranched alkanes of at least 4 members (excludes halogenated alkanes) is 3. The summed E-state index contributed by atoms with van der Waals surface area (Å²) in [6.07, 6.45) is 23.3. The summed E-state index contributed by atoms with van der Waals surface area (Å²) in [4.78, 5) is 14.6. The van der Waals surface area contributed by atoms with E-state index in [0.29, 0.717) is 12.8 Å². The number of aliphatic carboxylic acids is 1. The smallest absolute Gasteiger partial charge is 0.111 e. The molecule has 4 heteroatoms. The van der Waals surface area contributed by atoms with E-state index < -0.39 is 12.1 Å². The van der Waals surface area contributed by atoms with Crippen LogP contribution in [0.5, 0.6) is 0 Å². The summed E-state index contributed by atoms with van der Waals surface area (Å²) < 4.78 is 0. The maximum absolute atomic E-state index is 10.3. The molecule has 0 aromatic heterocycles. The molecule has 0 radical (unpaired) electrons. The molecule has 24 heavy (non-hydrogen) atoms. The van der Waals surface area contributed by atoms with E-state index in [1.54, 1.807) is 12.2 Å². The van der Waals surface area contributed by atoms with Crippen LogP contribution in [-0.2, 0) is 9.68 Å². The van der Waals surface area contributed by atoms with Gasteiger partial charge in [0.15, 0.2) is 0 Å². The molecule has 0 heterocycles. The third-order valence-corrected chi connectivity index (χ3v) is 3.43. The largest absolute Gasteiger partial charge is 0.550 e. The molecular formula is C20H31O4-. The molecule has 4 nitrogen and oxygen atoms in total. The maximum atomic E-state index is 10.3. The third-order valence-electron chi connectivity index (χ3n) is 3.43. The second kappa shape index (κ2) is 17.7. The fourth-order valence-corrected chi connectivity index (χ4v) is 2.05. The van der Waals surface area contributed by atoms with Crippen molar-refractivity contribution in [3.8, 4) is 0 Å². The quantitative estimate of drug-likeness (QED) is 0.159. The standard InChI is InChI=1S/C20H32O4/c1-2-3-4-5-6-7-8-9-10-11-12-13-14-16-19(24-23)17-15-18-20(21)22/h6-7,9-10,12-14,16,19,23H,2-5,8,11,15,17-18H2,1H3,(H,21,22)/p-1/b7-6-,10-9-,13-12-,16-14+/t19-/m1/s1. The zero-order valence-corrected chi connectivity index (χ0v) is 14.7. The van der Waals surface area contributed by atoms with E-state index in [2.05, 4.69) is 36.1 Å². The number of allylic oxidation sites excluding steroid dienone is 7. The lowest BCUT2D eigenvalue weighted by atomic mass is 10.1. The van der Waals surface area contributed by atoms with Gasteiger partial charge in [-0.25, -0.2) is 4.89 Å². The van der Waals surface area contributed by atoms with Crippen LogP contribution in [0.4, 0.5) is 0 Å². The van der Waals surface area contributed by atoms with Gasteiger partial charge in [-0.15, -0.1) is 0 Å². The zero-order chi connectivity index (χ0) is 17.9. The van der Waals surface area contributed by atoms with E-state index >= 15 is 0 Å². The normalized spacial score (nSPS) is 13.8. The first kappa shape index (κ1) is 22.4. The highest BCUT2D eigenvalue weighted by Gasteiger charge is 2.03. The van der Waals surface area contributed by atoms with Gasteiger partial charge in [0.25, 0.3) is 0 Å². The van der Waals surface area contributed by atoms with Gasteiger partial charge in [-0.05, 0) is 44.9 Å². The van der Waals surface area contributed by atoms with E-state index in [1.165, 1.54) is 25.7 Å². The Morgan fingerprint density at radius 3 is 2.42 bits per heavy atom. The minimum Gasteiger partial charge on any atom is -0.550 e. The lowest BCUT2D eigenvalue weighted by molar-refractivity contribution is -0.306. The van der Waals surface area contributed by atoms with E-state index in [1.807, 2.05) is 12.2 Å². The van der Waals surface area contributed by atoms with Crippen LogP contribution in [0.2, 0.25) is 0 Å². The van der Waals surface area contributed by atoms with Crippen LogP contribution in [0, 0.1) is 0 Å². The number of carboxylic acids is 1. The second-order valence-corrected chi connectivity index (χ2v) is 5.63. The SMILES string of the molecule is CCCCC/C=C\C/C=C\C/C=C\C=C\[C@H](CCCC(=O)[O-])OO. The molecule has 0 aliphatic heterocycles. The fourth-order valence-electron chi connectivity index (χ4n) is 2.05. The Kier molecular flexibility index (Phi) is 16.5. The first-order chi connectivity index (χ1) is 11.7. The lowest BCUT2D eigenvalue weighted by Gasteiger charge is -2.08. The van der Waals surface area contributed by atoms with Gasteiger partial charge in [-0.1, -0.05) is 68.4 Å². The highest BCUT2D eigenvalue weighted by atomic mass is 17.1. The molecule has 0 aliphatic carbocycles. The first-order valence-corrected chi connectivity index (χ1v) is 8.84. The monoisotopic (exact) mass is 335 g/mol. The van der Waals surface area contributed by atoms with Crippen molar-refractivity contribution in [3.05, 3.63) is 48.6 Å². The van der Waals surface area contributed by atoms with Crippen molar-refractivity contribution >= 4 is 5.97 Å². The molecule has 136 valence electrons. The molecule has 0 saturated carbocycles. The van der Waals surface area contributed by atoms with Crippen LogP contribution in [0.1, 0.15) is 64.7 Å². The van der Waals surface area contributed by atoms with Gasteiger partial charge in [0.05, 0.1) is 0 Å². The molecule has 0 rings (SSSR count). The van der Waals surface area contributed by atoms with Gasteiger partial charge < -0.3 is 9.90 Å². The summed E-state index contributed by atoms with van der Waals surface area (Å²) in [6, 6.07) is 0. The fraction of sp³-hybridized carbons (Fsp3) is 0.550. The van der Waals surface area contributed by atoms with Crippen molar-refractivity contribution in [3.63, 3.8) is 0 Å². The summed E-state index contributed by atoms with van der Waals surface area (Å²) in [5.74, 6) is -1.09. The Labute approximate surface area is 146 Å². The minimum atomic E-state index is -1.09. The van der Waals surface area contributed by atoms with E-state index in [9.17, 15) is 9.90 Å². The van der Waals surface area contributed by atoms with E-state index in [0.717, 1.165) is 12.8 Å². The molecule has 0 aliphatic rings.